The summed E-state index contributed by atoms with van der Waals surface area (Å²) in [5.74, 6) is -0.275. The maximum atomic E-state index is 14.7. The average Bonchev–Trinajstić information content (AvgIpc) is 2.89. The second kappa shape index (κ2) is 7.99. The van der Waals surface area contributed by atoms with Crippen molar-refractivity contribution in [2.45, 2.75) is 58.5 Å². The van der Waals surface area contributed by atoms with Crippen LogP contribution >= 0.6 is 0 Å². The molecular formula is C18H27FN4O3. The van der Waals surface area contributed by atoms with Crippen LogP contribution in [0, 0.1) is 5.82 Å². The number of benzene rings is 1. The Bertz CT molecular complexity index is 808. The van der Waals surface area contributed by atoms with Gasteiger partial charge in [-0.1, -0.05) is 26.7 Å². The topological polar surface area (TPSA) is 82.2 Å². The second-order valence-corrected chi connectivity index (χ2v) is 7.28. The molecule has 1 heterocycles. The lowest BCUT2D eigenvalue weighted by Gasteiger charge is -2.21. The second-order valence-electron chi connectivity index (χ2n) is 7.28. The Morgan fingerprint density at radius 1 is 1.35 bits per heavy atom. The maximum absolute atomic E-state index is 14.7. The first kappa shape index (κ1) is 20.1. The molecule has 0 amide bonds. The molecule has 144 valence electrons. The van der Waals surface area contributed by atoms with E-state index in [4.69, 9.17) is 4.74 Å². The first-order chi connectivity index (χ1) is 12.1. The summed E-state index contributed by atoms with van der Waals surface area (Å²) in [6.45, 7) is 7.15. The first-order valence-corrected chi connectivity index (χ1v) is 8.82. The standard InChI is InChI=1S/C18H27FN4O3/c1-6-7-8-12(2)13-9-15(23-17(24)22(5)20-21-23)16(10-14(13)19)26-11-18(3,4)25/h9-10,12,25H,6-8,11H2,1-5H3. The molecule has 0 spiro atoms. The quantitative estimate of drug-likeness (QED) is 0.776. The number of aryl methyl sites for hydroxylation is 1. The fourth-order valence-electron chi connectivity index (χ4n) is 2.60. The van der Waals surface area contributed by atoms with E-state index in [2.05, 4.69) is 17.4 Å². The minimum Gasteiger partial charge on any atom is -0.488 e. The van der Waals surface area contributed by atoms with Crippen molar-refractivity contribution in [3.8, 4) is 11.4 Å². The van der Waals surface area contributed by atoms with Crippen LogP contribution in [0.1, 0.15) is 58.4 Å². The number of ether oxygens (including phenoxy) is 1. The van der Waals surface area contributed by atoms with Gasteiger partial charge in [-0.05, 0) is 48.2 Å². The van der Waals surface area contributed by atoms with Crippen molar-refractivity contribution in [3.05, 3.63) is 34.0 Å². The Kier molecular flexibility index (Phi) is 6.17. The summed E-state index contributed by atoms with van der Waals surface area (Å²) in [4.78, 5) is 12.3. The van der Waals surface area contributed by atoms with E-state index in [-0.39, 0.29) is 18.3 Å². The highest BCUT2D eigenvalue weighted by molar-refractivity contribution is 5.49. The SMILES string of the molecule is CCCCC(C)c1cc(-n2nnn(C)c2=O)c(OCC(C)(C)O)cc1F. The lowest BCUT2D eigenvalue weighted by molar-refractivity contribution is 0.0283. The largest absolute Gasteiger partial charge is 0.488 e. The molecule has 0 radical (unpaired) electrons. The minimum atomic E-state index is -1.10. The number of nitrogens with zero attached hydrogens (tertiary/aromatic N) is 4. The van der Waals surface area contributed by atoms with Gasteiger partial charge in [0.2, 0.25) is 0 Å². The van der Waals surface area contributed by atoms with E-state index in [1.807, 2.05) is 6.92 Å². The van der Waals surface area contributed by atoms with Crippen molar-refractivity contribution < 1.29 is 14.2 Å². The molecule has 7 nitrogen and oxygen atoms in total. The van der Waals surface area contributed by atoms with Gasteiger partial charge in [-0.25, -0.2) is 9.18 Å². The van der Waals surface area contributed by atoms with Crippen LogP contribution < -0.4 is 10.4 Å². The van der Waals surface area contributed by atoms with E-state index in [1.165, 1.54) is 13.1 Å². The van der Waals surface area contributed by atoms with Crippen LogP contribution in [0.25, 0.3) is 5.69 Å². The number of unbranched alkanes of at least 4 members (excludes halogenated alkanes) is 1. The van der Waals surface area contributed by atoms with Gasteiger partial charge in [0.25, 0.3) is 0 Å². The van der Waals surface area contributed by atoms with E-state index < -0.39 is 17.1 Å². The Hall–Kier alpha value is -2.22. The van der Waals surface area contributed by atoms with Gasteiger partial charge >= 0.3 is 5.69 Å². The molecule has 0 fully saturated rings. The smallest absolute Gasteiger partial charge is 0.368 e. The molecule has 0 saturated carbocycles. The van der Waals surface area contributed by atoms with Crippen LogP contribution in [0.2, 0.25) is 0 Å². The van der Waals surface area contributed by atoms with Crippen LogP contribution in [-0.4, -0.2) is 37.1 Å². The zero-order valence-corrected chi connectivity index (χ0v) is 16.0. The van der Waals surface area contributed by atoms with E-state index >= 15 is 0 Å². The van der Waals surface area contributed by atoms with E-state index in [1.54, 1.807) is 19.9 Å². The molecule has 0 aliphatic heterocycles. The minimum absolute atomic E-state index is 0.00981. The predicted octanol–water partition coefficient (Wildman–Crippen LogP) is 2.55. The molecule has 2 rings (SSSR count). The highest BCUT2D eigenvalue weighted by atomic mass is 19.1. The Labute approximate surface area is 152 Å². The van der Waals surface area contributed by atoms with E-state index in [9.17, 15) is 14.3 Å². The molecule has 2 aromatic rings. The van der Waals surface area contributed by atoms with Crippen LogP contribution in [0.5, 0.6) is 5.75 Å². The monoisotopic (exact) mass is 366 g/mol. The molecule has 1 N–H and O–H groups in total. The van der Waals surface area contributed by atoms with Crippen molar-refractivity contribution in [3.63, 3.8) is 0 Å². The number of hydrogen-bond acceptors (Lipinski definition) is 5. The van der Waals surface area contributed by atoms with Gasteiger partial charge in [0.1, 0.15) is 23.9 Å². The summed E-state index contributed by atoms with van der Waals surface area (Å²) in [6, 6.07) is 2.84. The summed E-state index contributed by atoms with van der Waals surface area (Å²) < 4.78 is 22.4. The Balaban J connectivity index is 2.51. The van der Waals surface area contributed by atoms with Crippen LogP contribution in [0.4, 0.5) is 4.39 Å². The average molecular weight is 366 g/mol. The van der Waals surface area contributed by atoms with Crippen LogP contribution in [0.3, 0.4) is 0 Å². The maximum Gasteiger partial charge on any atom is 0.368 e. The molecule has 0 bridgehead atoms. The van der Waals surface area contributed by atoms with Crippen LogP contribution in [-0.2, 0) is 7.05 Å². The van der Waals surface area contributed by atoms with Crippen molar-refractivity contribution in [2.75, 3.05) is 6.61 Å². The number of halogens is 1. The molecule has 8 heteroatoms. The van der Waals surface area contributed by atoms with Crippen molar-refractivity contribution >= 4 is 0 Å². The van der Waals surface area contributed by atoms with E-state index in [0.717, 1.165) is 28.6 Å². The molecular weight excluding hydrogens is 339 g/mol. The third kappa shape index (κ3) is 4.69. The van der Waals surface area contributed by atoms with Gasteiger partial charge in [-0.15, -0.1) is 0 Å². The number of tetrazole rings is 1. The van der Waals surface area contributed by atoms with Gasteiger partial charge in [0, 0.05) is 13.1 Å². The molecule has 1 aromatic heterocycles. The van der Waals surface area contributed by atoms with Gasteiger partial charge in [-0.3, -0.25) is 0 Å². The summed E-state index contributed by atoms with van der Waals surface area (Å²) in [5, 5.41) is 17.4. The van der Waals surface area contributed by atoms with Gasteiger partial charge in [0.05, 0.1) is 5.60 Å². The number of hydrogen-bond donors (Lipinski definition) is 1. The molecule has 0 aliphatic rings. The first-order valence-electron chi connectivity index (χ1n) is 8.82. The zero-order chi connectivity index (χ0) is 19.5. The van der Waals surface area contributed by atoms with Gasteiger partial charge < -0.3 is 9.84 Å². The lowest BCUT2D eigenvalue weighted by atomic mass is 9.94. The van der Waals surface area contributed by atoms with Crippen molar-refractivity contribution in [1.29, 1.82) is 0 Å². The normalized spacial score (nSPS) is 13.0. The summed E-state index contributed by atoms with van der Waals surface area (Å²) in [7, 11) is 1.48. The molecule has 0 saturated heterocycles. The van der Waals surface area contributed by atoms with Crippen molar-refractivity contribution in [1.82, 2.24) is 19.8 Å². The number of aliphatic hydroxyl groups is 1. The third-order valence-electron chi connectivity index (χ3n) is 4.13. The third-order valence-corrected chi connectivity index (χ3v) is 4.13. The summed E-state index contributed by atoms with van der Waals surface area (Å²) in [5.41, 5.74) is -0.751. The highest BCUT2D eigenvalue weighted by Gasteiger charge is 2.21. The highest BCUT2D eigenvalue weighted by Crippen LogP contribution is 2.32. The lowest BCUT2D eigenvalue weighted by Crippen LogP contribution is -2.29. The fraction of sp³-hybridized carbons (Fsp3) is 0.611. The Morgan fingerprint density at radius 3 is 2.58 bits per heavy atom. The number of rotatable bonds is 8. The molecule has 0 aliphatic carbocycles. The van der Waals surface area contributed by atoms with E-state index in [0.29, 0.717) is 11.3 Å². The molecule has 1 unspecified atom stereocenters. The summed E-state index contributed by atoms with van der Waals surface area (Å²) >= 11 is 0. The fourth-order valence-corrected chi connectivity index (χ4v) is 2.60. The molecule has 1 aromatic carbocycles. The molecule has 26 heavy (non-hydrogen) atoms. The predicted molar refractivity (Wildman–Crippen MR) is 96.3 cm³/mol. The Morgan fingerprint density at radius 2 is 2.04 bits per heavy atom. The van der Waals surface area contributed by atoms with Gasteiger partial charge in [-0.2, -0.15) is 9.36 Å². The van der Waals surface area contributed by atoms with Gasteiger partial charge in [0.15, 0.2) is 0 Å². The summed E-state index contributed by atoms with van der Waals surface area (Å²) in [6.07, 6.45) is 2.85. The number of aromatic nitrogens is 4. The van der Waals surface area contributed by atoms with Crippen LogP contribution in [0.15, 0.2) is 16.9 Å². The molecule has 1 atom stereocenters. The van der Waals surface area contributed by atoms with Crippen molar-refractivity contribution in [2.24, 2.45) is 7.05 Å². The zero-order valence-electron chi connectivity index (χ0n) is 16.0.